The lowest BCUT2D eigenvalue weighted by Crippen LogP contribution is -2.36. The first kappa shape index (κ1) is 18.0. The van der Waals surface area contributed by atoms with Crippen molar-refractivity contribution in [3.8, 4) is 11.3 Å². The van der Waals surface area contributed by atoms with Crippen LogP contribution in [0.25, 0.3) is 16.2 Å². The van der Waals surface area contributed by atoms with Crippen LogP contribution in [0.4, 0.5) is 24.1 Å². The second kappa shape index (κ2) is 6.64. The van der Waals surface area contributed by atoms with Crippen LogP contribution in [0.3, 0.4) is 0 Å². The Morgan fingerprint density at radius 2 is 2.19 bits per heavy atom. The lowest BCUT2D eigenvalue weighted by Gasteiger charge is -2.31. The number of aliphatic hydroxyl groups is 1. The molecule has 144 valence electrons. The number of hydrogen-bond acceptors (Lipinski definition) is 7. The van der Waals surface area contributed by atoms with Gasteiger partial charge in [0.25, 0.3) is 0 Å². The number of imidazole rings is 1. The summed E-state index contributed by atoms with van der Waals surface area (Å²) >= 11 is 1.36. The Morgan fingerprint density at radius 1 is 1.37 bits per heavy atom. The Kier molecular flexibility index (Phi) is 4.42. The van der Waals surface area contributed by atoms with E-state index >= 15 is 0 Å². The molecule has 3 N–H and O–H groups in total. The van der Waals surface area contributed by atoms with E-state index in [2.05, 4.69) is 20.0 Å². The molecule has 3 aromatic heterocycles. The van der Waals surface area contributed by atoms with E-state index in [4.69, 9.17) is 5.73 Å². The van der Waals surface area contributed by atoms with Crippen LogP contribution in [0.1, 0.15) is 18.4 Å². The van der Waals surface area contributed by atoms with Gasteiger partial charge in [-0.25, -0.2) is 14.5 Å². The standard InChI is InChI=1S/C16H17F3N6OS/c17-16(18,19)11-4-10(5-21-13(11)20)12-7-25-14(22-12)27-15(23-25)24-3-1-2-9(6-24)8-26/h4-5,7,9,26H,1-3,6,8H2,(H2,20,21). The maximum atomic E-state index is 13.0. The van der Waals surface area contributed by atoms with Crippen molar-refractivity contribution in [2.75, 3.05) is 30.3 Å². The van der Waals surface area contributed by atoms with Crippen LogP contribution < -0.4 is 10.6 Å². The van der Waals surface area contributed by atoms with Gasteiger partial charge in [0.15, 0.2) is 0 Å². The average Bonchev–Trinajstić information content (AvgIpc) is 3.20. The van der Waals surface area contributed by atoms with Gasteiger partial charge >= 0.3 is 6.18 Å². The van der Waals surface area contributed by atoms with Gasteiger partial charge in [0.2, 0.25) is 10.1 Å². The van der Waals surface area contributed by atoms with E-state index in [1.54, 1.807) is 10.7 Å². The van der Waals surface area contributed by atoms with Gasteiger partial charge < -0.3 is 15.7 Å². The SMILES string of the molecule is Nc1ncc(-c2cn3nc(N4CCCC(CO)C4)sc3n2)cc1C(F)(F)F. The Balaban J connectivity index is 1.63. The Bertz CT molecular complexity index is 937. The summed E-state index contributed by atoms with van der Waals surface area (Å²) in [5, 5.41) is 14.6. The Hall–Kier alpha value is -2.40. The third kappa shape index (κ3) is 3.44. The number of fused-ring (bicyclic) bond motifs is 1. The number of hydrogen-bond donors (Lipinski definition) is 2. The number of pyridine rings is 1. The number of piperidine rings is 1. The van der Waals surface area contributed by atoms with Crippen LogP contribution >= 0.6 is 11.3 Å². The summed E-state index contributed by atoms with van der Waals surface area (Å²) in [6.45, 7) is 1.74. The fourth-order valence-electron chi connectivity index (χ4n) is 3.19. The zero-order valence-corrected chi connectivity index (χ0v) is 15.0. The molecule has 0 bridgehead atoms. The van der Waals surface area contributed by atoms with Gasteiger partial charge in [0, 0.05) is 31.5 Å². The predicted octanol–water partition coefficient (Wildman–Crippen LogP) is 2.66. The van der Waals surface area contributed by atoms with Crippen molar-refractivity contribution in [2.45, 2.75) is 19.0 Å². The van der Waals surface area contributed by atoms with E-state index in [1.165, 1.54) is 17.5 Å². The van der Waals surface area contributed by atoms with E-state index in [-0.39, 0.29) is 18.1 Å². The molecular weight excluding hydrogens is 381 g/mol. The minimum atomic E-state index is -4.58. The van der Waals surface area contributed by atoms with E-state index in [9.17, 15) is 18.3 Å². The van der Waals surface area contributed by atoms with Crippen molar-refractivity contribution in [3.63, 3.8) is 0 Å². The number of aliphatic hydroxyl groups excluding tert-OH is 1. The molecule has 1 fully saturated rings. The van der Waals surface area contributed by atoms with E-state index in [0.717, 1.165) is 37.1 Å². The fourth-order valence-corrected chi connectivity index (χ4v) is 4.10. The third-order valence-corrected chi connectivity index (χ3v) is 5.58. The largest absolute Gasteiger partial charge is 0.419 e. The van der Waals surface area contributed by atoms with Crippen molar-refractivity contribution in [1.82, 2.24) is 19.6 Å². The normalized spacial score (nSPS) is 18.4. The summed E-state index contributed by atoms with van der Waals surface area (Å²) < 4.78 is 40.6. The van der Waals surface area contributed by atoms with Crippen LogP contribution in [0, 0.1) is 5.92 Å². The molecule has 4 rings (SSSR count). The highest BCUT2D eigenvalue weighted by Crippen LogP contribution is 2.35. The minimum Gasteiger partial charge on any atom is -0.396 e. The molecule has 3 aromatic rings. The number of nitrogens with two attached hydrogens (primary N) is 1. The maximum absolute atomic E-state index is 13.0. The van der Waals surface area contributed by atoms with E-state index in [1.807, 2.05) is 0 Å². The number of alkyl halides is 3. The van der Waals surface area contributed by atoms with Gasteiger partial charge in [-0.15, -0.1) is 5.10 Å². The molecule has 0 radical (unpaired) electrons. The predicted molar refractivity (Wildman–Crippen MR) is 95.5 cm³/mol. The van der Waals surface area contributed by atoms with Crippen LogP contribution in [0.2, 0.25) is 0 Å². The quantitative estimate of drug-likeness (QED) is 0.705. The second-order valence-corrected chi connectivity index (χ2v) is 7.46. The van der Waals surface area contributed by atoms with E-state index < -0.39 is 17.6 Å². The molecule has 0 aromatic carbocycles. The first-order chi connectivity index (χ1) is 12.8. The lowest BCUT2D eigenvalue weighted by atomic mass is 10.00. The molecule has 0 aliphatic carbocycles. The number of rotatable bonds is 3. The highest BCUT2D eigenvalue weighted by molar-refractivity contribution is 7.20. The maximum Gasteiger partial charge on any atom is 0.419 e. The van der Waals surface area contributed by atoms with Crippen molar-refractivity contribution >= 4 is 27.2 Å². The molecular formula is C16H17F3N6OS. The summed E-state index contributed by atoms with van der Waals surface area (Å²) in [5.41, 5.74) is 4.95. The molecule has 1 aliphatic heterocycles. The van der Waals surface area contributed by atoms with Gasteiger partial charge in [-0.1, -0.05) is 11.3 Å². The molecule has 0 saturated carbocycles. The summed E-state index contributed by atoms with van der Waals surface area (Å²) in [6, 6.07) is 0.951. The zero-order chi connectivity index (χ0) is 19.2. The van der Waals surface area contributed by atoms with Crippen molar-refractivity contribution in [2.24, 2.45) is 5.92 Å². The number of anilines is 2. The first-order valence-corrected chi connectivity index (χ1v) is 9.22. The van der Waals surface area contributed by atoms with Gasteiger partial charge in [-0.2, -0.15) is 13.2 Å². The van der Waals surface area contributed by atoms with Crippen molar-refractivity contribution in [3.05, 3.63) is 24.0 Å². The monoisotopic (exact) mass is 398 g/mol. The van der Waals surface area contributed by atoms with Crippen LogP contribution in [-0.2, 0) is 6.18 Å². The van der Waals surface area contributed by atoms with Crippen molar-refractivity contribution < 1.29 is 18.3 Å². The molecule has 4 heterocycles. The zero-order valence-electron chi connectivity index (χ0n) is 14.1. The molecule has 7 nitrogen and oxygen atoms in total. The fraction of sp³-hybridized carbons (Fsp3) is 0.438. The van der Waals surface area contributed by atoms with Crippen LogP contribution in [0.15, 0.2) is 18.5 Å². The summed E-state index contributed by atoms with van der Waals surface area (Å²) in [7, 11) is 0. The minimum absolute atomic E-state index is 0.148. The summed E-state index contributed by atoms with van der Waals surface area (Å²) in [4.78, 5) is 10.7. The number of nitrogen functional groups attached to an aromatic ring is 1. The molecule has 0 spiro atoms. The van der Waals surface area contributed by atoms with Crippen LogP contribution in [0.5, 0.6) is 0 Å². The summed E-state index contributed by atoms with van der Waals surface area (Å²) in [6.07, 6.45) is 0.249. The topological polar surface area (TPSA) is 92.6 Å². The number of aromatic nitrogens is 4. The van der Waals surface area contributed by atoms with Crippen LogP contribution in [-0.4, -0.2) is 44.4 Å². The highest BCUT2D eigenvalue weighted by Gasteiger charge is 2.34. The lowest BCUT2D eigenvalue weighted by molar-refractivity contribution is -0.137. The van der Waals surface area contributed by atoms with Crippen molar-refractivity contribution in [1.29, 1.82) is 0 Å². The average molecular weight is 398 g/mol. The van der Waals surface area contributed by atoms with Gasteiger partial charge in [-0.3, -0.25) is 0 Å². The highest BCUT2D eigenvalue weighted by atomic mass is 32.1. The molecule has 0 amide bonds. The number of halogens is 3. The molecule has 1 saturated heterocycles. The Morgan fingerprint density at radius 3 is 2.89 bits per heavy atom. The van der Waals surface area contributed by atoms with Gasteiger partial charge in [-0.05, 0) is 24.8 Å². The molecule has 27 heavy (non-hydrogen) atoms. The molecule has 1 unspecified atom stereocenters. The van der Waals surface area contributed by atoms with E-state index in [0.29, 0.717) is 10.7 Å². The third-order valence-electron chi connectivity index (χ3n) is 4.60. The smallest absolute Gasteiger partial charge is 0.396 e. The number of nitrogens with zero attached hydrogens (tertiary/aromatic N) is 5. The van der Waals surface area contributed by atoms with Gasteiger partial charge in [0.1, 0.15) is 5.82 Å². The first-order valence-electron chi connectivity index (χ1n) is 8.40. The second-order valence-electron chi connectivity index (χ2n) is 6.53. The van der Waals surface area contributed by atoms with Gasteiger partial charge in [0.05, 0.1) is 17.5 Å². The molecule has 1 aliphatic rings. The Labute approximate surface area is 156 Å². The summed E-state index contributed by atoms with van der Waals surface area (Å²) in [5.74, 6) is -0.330. The molecule has 11 heteroatoms. The molecule has 1 atom stereocenters.